The second-order valence-corrected chi connectivity index (χ2v) is 9.49. The van der Waals surface area contributed by atoms with Crippen molar-refractivity contribution >= 4 is 45.7 Å². The van der Waals surface area contributed by atoms with Crippen molar-refractivity contribution in [2.75, 3.05) is 35.9 Å². The highest BCUT2D eigenvalue weighted by atomic mass is 35.5. The summed E-state index contributed by atoms with van der Waals surface area (Å²) in [5.74, 6) is -0.314. The van der Waals surface area contributed by atoms with Crippen LogP contribution < -0.4 is 9.62 Å². The Hall–Kier alpha value is -1.94. The maximum Gasteiger partial charge on any atom is 0.222 e. The molecule has 0 radical (unpaired) electrons. The highest BCUT2D eigenvalue weighted by Gasteiger charge is 2.25. The van der Waals surface area contributed by atoms with Crippen LogP contribution in [0.3, 0.4) is 0 Å². The molecule has 1 saturated heterocycles. The third-order valence-electron chi connectivity index (χ3n) is 4.87. The van der Waals surface area contributed by atoms with Crippen LogP contribution >= 0.6 is 34.9 Å². The second kappa shape index (κ2) is 8.66. The zero-order valence-corrected chi connectivity index (χ0v) is 18.4. The molecule has 2 fully saturated rings. The lowest BCUT2D eigenvalue weighted by Gasteiger charge is -2.26. The molecule has 30 heavy (non-hydrogen) atoms. The van der Waals surface area contributed by atoms with Gasteiger partial charge >= 0.3 is 0 Å². The Kier molecular flexibility index (Phi) is 5.77. The molecule has 2 aliphatic rings. The summed E-state index contributed by atoms with van der Waals surface area (Å²) in [5, 5.41) is 1.54. The summed E-state index contributed by atoms with van der Waals surface area (Å²) in [6.45, 7) is 2.80. The van der Waals surface area contributed by atoms with Gasteiger partial charge in [-0.25, -0.2) is 19.3 Å². The molecule has 1 N–H and O–H groups in total. The molecule has 0 amide bonds. The summed E-state index contributed by atoms with van der Waals surface area (Å²) >= 11 is 9.09. The van der Waals surface area contributed by atoms with Crippen LogP contribution in [0.25, 0.3) is 21.8 Å². The highest BCUT2D eigenvalue weighted by molar-refractivity contribution is 8.01. The lowest BCUT2D eigenvalue weighted by molar-refractivity contribution is 0.122. The number of anilines is 2. The topological polar surface area (TPSA) is 63.2 Å². The van der Waals surface area contributed by atoms with Gasteiger partial charge in [0.2, 0.25) is 5.28 Å². The van der Waals surface area contributed by atoms with Gasteiger partial charge in [0.15, 0.2) is 10.9 Å². The Morgan fingerprint density at radius 2 is 2.03 bits per heavy atom. The number of halogens is 2. The predicted molar refractivity (Wildman–Crippen MR) is 121 cm³/mol. The van der Waals surface area contributed by atoms with Crippen LogP contribution in [0.2, 0.25) is 5.28 Å². The molecule has 2 aromatic heterocycles. The van der Waals surface area contributed by atoms with E-state index in [1.807, 2.05) is 6.07 Å². The lowest BCUT2D eigenvalue weighted by Crippen LogP contribution is -2.36. The van der Waals surface area contributed by atoms with Gasteiger partial charge in [-0.15, -0.1) is 0 Å². The van der Waals surface area contributed by atoms with E-state index in [1.54, 1.807) is 36.3 Å². The van der Waals surface area contributed by atoms with Crippen LogP contribution in [0.4, 0.5) is 15.2 Å². The van der Waals surface area contributed by atoms with Crippen molar-refractivity contribution in [3.05, 3.63) is 41.6 Å². The van der Waals surface area contributed by atoms with Crippen molar-refractivity contribution in [2.45, 2.75) is 18.1 Å². The molecule has 6 nitrogen and oxygen atoms in total. The molecular formula is C20H19ClFN5OS2. The molecule has 0 bridgehead atoms. The van der Waals surface area contributed by atoms with Crippen LogP contribution in [0.5, 0.6) is 0 Å². The van der Waals surface area contributed by atoms with E-state index in [0.29, 0.717) is 41.1 Å². The van der Waals surface area contributed by atoms with Crippen LogP contribution in [-0.4, -0.2) is 46.5 Å². The van der Waals surface area contributed by atoms with E-state index in [1.165, 1.54) is 24.2 Å². The highest BCUT2D eigenvalue weighted by Crippen LogP contribution is 2.42. The zero-order valence-electron chi connectivity index (χ0n) is 16.0. The first-order valence-electron chi connectivity index (χ1n) is 9.72. The van der Waals surface area contributed by atoms with E-state index < -0.39 is 0 Å². The average Bonchev–Trinajstić information content (AvgIpc) is 3.50. The van der Waals surface area contributed by atoms with Gasteiger partial charge in [-0.2, -0.15) is 0 Å². The SMILES string of the molecule is Fc1c(NSC2CC2)cccc1-c1nc(N2CCOCC2)sc1-c1ccnc(Cl)n1. The minimum Gasteiger partial charge on any atom is -0.378 e. The van der Waals surface area contributed by atoms with Gasteiger partial charge in [0, 0.05) is 30.1 Å². The molecule has 3 aromatic rings. The smallest absolute Gasteiger partial charge is 0.222 e. The Balaban J connectivity index is 1.57. The monoisotopic (exact) mass is 463 g/mol. The summed E-state index contributed by atoms with van der Waals surface area (Å²) in [6.07, 6.45) is 3.95. The Morgan fingerprint density at radius 3 is 2.80 bits per heavy atom. The standard InChI is InChI=1S/C20H19ClFN5OS2/c21-19-23-7-6-15(24-19)18-17(25-20(29-18)27-8-10-28-11-9-27)13-2-1-3-14(16(13)22)26-30-12-4-5-12/h1-3,6-7,12,26H,4-5,8-11H2. The van der Waals surface area contributed by atoms with Crippen molar-refractivity contribution in [3.63, 3.8) is 0 Å². The van der Waals surface area contributed by atoms with Gasteiger partial charge in [-0.05, 0) is 54.6 Å². The van der Waals surface area contributed by atoms with Crippen LogP contribution in [0.15, 0.2) is 30.5 Å². The van der Waals surface area contributed by atoms with E-state index in [0.717, 1.165) is 23.1 Å². The number of ether oxygens (including phenoxy) is 1. The van der Waals surface area contributed by atoms with Gasteiger partial charge < -0.3 is 14.4 Å². The van der Waals surface area contributed by atoms with E-state index in [2.05, 4.69) is 19.6 Å². The number of morpholine rings is 1. The molecule has 0 spiro atoms. The molecule has 1 saturated carbocycles. The third kappa shape index (κ3) is 4.25. The number of nitrogens with zero attached hydrogens (tertiary/aromatic N) is 4. The Labute approximate surface area is 187 Å². The number of hydrogen-bond acceptors (Lipinski definition) is 8. The van der Waals surface area contributed by atoms with E-state index >= 15 is 4.39 Å². The minimum absolute atomic E-state index is 0.150. The molecule has 1 aliphatic heterocycles. The lowest BCUT2D eigenvalue weighted by atomic mass is 10.1. The first-order valence-corrected chi connectivity index (χ1v) is 11.8. The molecule has 0 atom stereocenters. The number of thiazole rings is 1. The van der Waals surface area contributed by atoms with Crippen LogP contribution in [-0.2, 0) is 4.74 Å². The van der Waals surface area contributed by atoms with Crippen molar-refractivity contribution in [3.8, 4) is 21.8 Å². The number of nitrogens with one attached hydrogen (secondary N) is 1. The van der Waals surface area contributed by atoms with Gasteiger partial charge in [0.25, 0.3) is 0 Å². The van der Waals surface area contributed by atoms with Gasteiger partial charge in [0.1, 0.15) is 0 Å². The van der Waals surface area contributed by atoms with Crippen molar-refractivity contribution in [2.24, 2.45) is 0 Å². The number of rotatable bonds is 6. The summed E-state index contributed by atoms with van der Waals surface area (Å²) in [7, 11) is 0. The summed E-state index contributed by atoms with van der Waals surface area (Å²) < 4.78 is 24.1. The van der Waals surface area contributed by atoms with E-state index in [4.69, 9.17) is 21.3 Å². The fraction of sp³-hybridized carbons (Fsp3) is 0.350. The van der Waals surface area contributed by atoms with Crippen LogP contribution in [0.1, 0.15) is 12.8 Å². The fourth-order valence-electron chi connectivity index (χ4n) is 3.14. The summed E-state index contributed by atoms with van der Waals surface area (Å²) in [5.41, 5.74) is 2.11. The van der Waals surface area contributed by atoms with Crippen molar-refractivity contribution < 1.29 is 9.13 Å². The second-order valence-electron chi connectivity index (χ2n) is 7.07. The normalized spacial score (nSPS) is 16.7. The largest absolute Gasteiger partial charge is 0.378 e. The van der Waals surface area contributed by atoms with Crippen molar-refractivity contribution in [1.29, 1.82) is 0 Å². The van der Waals surface area contributed by atoms with Gasteiger partial charge in [-0.3, -0.25) is 0 Å². The summed E-state index contributed by atoms with van der Waals surface area (Å²) in [4.78, 5) is 16.1. The fourth-order valence-corrected chi connectivity index (χ4v) is 5.21. The minimum atomic E-state index is -0.314. The zero-order chi connectivity index (χ0) is 20.5. The molecule has 156 valence electrons. The molecular weight excluding hydrogens is 445 g/mol. The summed E-state index contributed by atoms with van der Waals surface area (Å²) in [6, 6.07) is 7.13. The van der Waals surface area contributed by atoms with Crippen molar-refractivity contribution in [1.82, 2.24) is 15.0 Å². The molecule has 10 heteroatoms. The number of benzene rings is 1. The molecule has 1 aromatic carbocycles. The average molecular weight is 464 g/mol. The molecule has 0 unspecified atom stereocenters. The molecule has 5 rings (SSSR count). The van der Waals surface area contributed by atoms with Gasteiger partial charge in [0.05, 0.1) is 35.2 Å². The number of hydrogen-bond donors (Lipinski definition) is 1. The maximum absolute atomic E-state index is 15.5. The van der Waals surface area contributed by atoms with E-state index in [-0.39, 0.29) is 11.1 Å². The first-order chi connectivity index (χ1) is 14.7. The van der Waals surface area contributed by atoms with Crippen LogP contribution in [0, 0.1) is 5.82 Å². The maximum atomic E-state index is 15.5. The van der Waals surface area contributed by atoms with Gasteiger partial charge in [-0.1, -0.05) is 17.4 Å². The predicted octanol–water partition coefficient (Wildman–Crippen LogP) is 5.12. The first kappa shape index (κ1) is 20.0. The number of aromatic nitrogens is 3. The quantitative estimate of drug-likeness (QED) is 0.402. The Bertz CT molecular complexity index is 1060. The van der Waals surface area contributed by atoms with E-state index in [9.17, 15) is 0 Å². The molecule has 1 aliphatic carbocycles. The Morgan fingerprint density at radius 1 is 1.20 bits per heavy atom. The molecule has 3 heterocycles. The third-order valence-corrected chi connectivity index (χ3v) is 7.33.